The Labute approximate surface area is 170 Å². The lowest BCUT2D eigenvalue weighted by atomic mass is 9.89. The third-order valence-corrected chi connectivity index (χ3v) is 7.02. The fourth-order valence-corrected chi connectivity index (χ4v) is 5.72. The SMILES string of the molecule is CC1CCc2c(sc3ncn4nc(CN5C(=O)c6ccccc6C5=O)nc4c23)C1. The van der Waals surface area contributed by atoms with E-state index in [0.29, 0.717) is 22.9 Å². The molecule has 3 aromatic heterocycles. The number of aromatic nitrogens is 4. The molecule has 4 heterocycles. The van der Waals surface area contributed by atoms with Gasteiger partial charge in [-0.3, -0.25) is 14.5 Å². The molecule has 8 heteroatoms. The Balaban J connectivity index is 1.42. The van der Waals surface area contributed by atoms with Gasteiger partial charge in [0, 0.05) is 4.88 Å². The van der Waals surface area contributed by atoms with E-state index in [0.717, 1.165) is 35.1 Å². The van der Waals surface area contributed by atoms with E-state index in [-0.39, 0.29) is 18.4 Å². The predicted molar refractivity (Wildman–Crippen MR) is 108 cm³/mol. The minimum atomic E-state index is -0.297. The van der Waals surface area contributed by atoms with Gasteiger partial charge in [0.15, 0.2) is 11.5 Å². The molecule has 1 aromatic carbocycles. The molecule has 4 aromatic rings. The average Bonchev–Trinajstić information content (AvgIpc) is 3.36. The molecule has 1 aliphatic heterocycles. The van der Waals surface area contributed by atoms with E-state index in [1.165, 1.54) is 15.3 Å². The minimum Gasteiger partial charge on any atom is -0.269 e. The summed E-state index contributed by atoms with van der Waals surface area (Å²) in [5.41, 5.74) is 2.97. The molecule has 0 saturated carbocycles. The first-order valence-corrected chi connectivity index (χ1v) is 10.5. The van der Waals surface area contributed by atoms with E-state index in [1.807, 2.05) is 0 Å². The number of imide groups is 1. The lowest BCUT2D eigenvalue weighted by Gasteiger charge is -2.17. The highest BCUT2D eigenvalue weighted by molar-refractivity contribution is 7.19. The second-order valence-corrected chi connectivity index (χ2v) is 8.90. The van der Waals surface area contributed by atoms with E-state index in [2.05, 4.69) is 17.0 Å². The number of benzene rings is 1. The number of rotatable bonds is 2. The predicted octanol–water partition coefficient (Wildman–Crippen LogP) is 3.26. The quantitative estimate of drug-likeness (QED) is 0.480. The number of nitrogens with zero attached hydrogens (tertiary/aromatic N) is 5. The molecular weight excluding hydrogens is 386 g/mol. The molecule has 1 aliphatic carbocycles. The van der Waals surface area contributed by atoms with Crippen LogP contribution in [0, 0.1) is 5.92 Å². The lowest BCUT2D eigenvalue weighted by Crippen LogP contribution is -2.29. The number of amides is 2. The fraction of sp³-hybridized carbons (Fsp3) is 0.286. The molecule has 0 N–H and O–H groups in total. The van der Waals surface area contributed by atoms with Crippen LogP contribution in [0.3, 0.4) is 0 Å². The van der Waals surface area contributed by atoms with Crippen molar-refractivity contribution in [2.75, 3.05) is 0 Å². The van der Waals surface area contributed by atoms with Crippen LogP contribution >= 0.6 is 11.3 Å². The zero-order valence-corrected chi connectivity index (χ0v) is 16.6. The molecule has 144 valence electrons. The van der Waals surface area contributed by atoms with Crippen molar-refractivity contribution in [3.8, 4) is 0 Å². The zero-order valence-electron chi connectivity index (χ0n) is 15.8. The number of thiophene rings is 1. The number of hydrogen-bond acceptors (Lipinski definition) is 6. The van der Waals surface area contributed by atoms with Crippen molar-refractivity contribution >= 4 is 39.0 Å². The van der Waals surface area contributed by atoms with E-state index in [4.69, 9.17) is 4.98 Å². The molecule has 0 bridgehead atoms. The van der Waals surface area contributed by atoms with Gasteiger partial charge in [0.1, 0.15) is 11.2 Å². The molecule has 0 radical (unpaired) electrons. The Morgan fingerprint density at radius 2 is 1.93 bits per heavy atom. The summed E-state index contributed by atoms with van der Waals surface area (Å²) in [5.74, 6) is 0.538. The molecule has 0 saturated heterocycles. The summed E-state index contributed by atoms with van der Waals surface area (Å²) in [6, 6.07) is 6.89. The molecule has 0 spiro atoms. The van der Waals surface area contributed by atoms with Crippen LogP contribution in [0.2, 0.25) is 0 Å². The maximum absolute atomic E-state index is 12.7. The Kier molecular flexibility index (Phi) is 3.44. The Morgan fingerprint density at radius 3 is 2.69 bits per heavy atom. The van der Waals surface area contributed by atoms with Gasteiger partial charge in [-0.25, -0.2) is 14.5 Å². The first-order valence-electron chi connectivity index (χ1n) is 9.70. The molecule has 7 nitrogen and oxygen atoms in total. The van der Waals surface area contributed by atoms with E-state index >= 15 is 0 Å². The van der Waals surface area contributed by atoms with Gasteiger partial charge >= 0.3 is 0 Å². The maximum atomic E-state index is 12.7. The van der Waals surface area contributed by atoms with Crippen LogP contribution in [0.4, 0.5) is 0 Å². The van der Waals surface area contributed by atoms with Crippen LogP contribution in [0.1, 0.15) is 50.3 Å². The number of carbonyl (C=O) groups is 2. The average molecular weight is 403 g/mol. The highest BCUT2D eigenvalue weighted by Crippen LogP contribution is 2.38. The standard InChI is InChI=1S/C21H17N5O2S/c1-11-6-7-14-15(8-11)29-19-17(14)18-23-16(24-26(18)10-22-19)9-25-20(27)12-4-2-3-5-13(12)21(25)28/h2-5,10-11H,6-9H2,1H3. The molecule has 2 aliphatic rings. The van der Waals surface area contributed by atoms with Crippen molar-refractivity contribution in [1.29, 1.82) is 0 Å². The Morgan fingerprint density at radius 1 is 1.17 bits per heavy atom. The normalized spacial score (nSPS) is 18.7. The van der Waals surface area contributed by atoms with Crippen LogP contribution < -0.4 is 0 Å². The first kappa shape index (κ1) is 16.8. The number of fused-ring (bicyclic) bond motifs is 6. The van der Waals surface area contributed by atoms with Crippen LogP contribution in [-0.2, 0) is 19.4 Å². The van der Waals surface area contributed by atoms with Crippen molar-refractivity contribution < 1.29 is 9.59 Å². The molecule has 1 atom stereocenters. The Hall–Kier alpha value is -3.13. The molecular formula is C21H17N5O2S. The highest BCUT2D eigenvalue weighted by Gasteiger charge is 2.36. The van der Waals surface area contributed by atoms with Crippen molar-refractivity contribution in [2.24, 2.45) is 5.92 Å². The van der Waals surface area contributed by atoms with Crippen LogP contribution in [-0.4, -0.2) is 36.3 Å². The van der Waals surface area contributed by atoms with Crippen molar-refractivity contribution in [2.45, 2.75) is 32.7 Å². The molecule has 6 rings (SSSR count). The van der Waals surface area contributed by atoms with Crippen LogP contribution in [0.5, 0.6) is 0 Å². The molecule has 2 amide bonds. The number of carbonyl (C=O) groups excluding carboxylic acids is 2. The van der Waals surface area contributed by atoms with E-state index in [9.17, 15) is 9.59 Å². The number of aryl methyl sites for hydroxylation is 1. The van der Waals surface area contributed by atoms with Crippen LogP contribution in [0.15, 0.2) is 30.6 Å². The summed E-state index contributed by atoms with van der Waals surface area (Å²) in [4.78, 5) is 38.2. The fourth-order valence-electron chi connectivity index (χ4n) is 4.37. The van der Waals surface area contributed by atoms with Gasteiger partial charge in [-0.15, -0.1) is 16.4 Å². The van der Waals surface area contributed by atoms with Gasteiger partial charge in [-0.2, -0.15) is 0 Å². The summed E-state index contributed by atoms with van der Waals surface area (Å²) < 4.78 is 1.67. The highest BCUT2D eigenvalue weighted by atomic mass is 32.1. The monoisotopic (exact) mass is 403 g/mol. The summed E-state index contributed by atoms with van der Waals surface area (Å²) in [7, 11) is 0. The third-order valence-electron chi connectivity index (χ3n) is 5.85. The molecule has 1 unspecified atom stereocenters. The van der Waals surface area contributed by atoms with E-state index < -0.39 is 0 Å². The van der Waals surface area contributed by atoms with Gasteiger partial charge in [0.25, 0.3) is 11.8 Å². The summed E-state index contributed by atoms with van der Waals surface area (Å²) in [6.45, 7) is 2.34. The van der Waals surface area contributed by atoms with Crippen molar-refractivity contribution in [1.82, 2.24) is 24.5 Å². The van der Waals surface area contributed by atoms with Gasteiger partial charge in [0.2, 0.25) is 0 Å². The number of hydrogen-bond donors (Lipinski definition) is 0. The van der Waals surface area contributed by atoms with Gasteiger partial charge in [-0.05, 0) is 42.9 Å². The van der Waals surface area contributed by atoms with Gasteiger partial charge < -0.3 is 0 Å². The van der Waals surface area contributed by atoms with Crippen molar-refractivity contribution in [3.05, 3.63) is 58.0 Å². The maximum Gasteiger partial charge on any atom is 0.261 e. The summed E-state index contributed by atoms with van der Waals surface area (Å²) in [5, 5.41) is 5.57. The van der Waals surface area contributed by atoms with Crippen molar-refractivity contribution in [3.63, 3.8) is 0 Å². The topological polar surface area (TPSA) is 80.5 Å². The second kappa shape index (κ2) is 5.93. The lowest BCUT2D eigenvalue weighted by molar-refractivity contribution is 0.0638. The molecule has 29 heavy (non-hydrogen) atoms. The molecule has 0 fully saturated rings. The third kappa shape index (κ3) is 2.38. The summed E-state index contributed by atoms with van der Waals surface area (Å²) >= 11 is 1.74. The smallest absolute Gasteiger partial charge is 0.261 e. The largest absolute Gasteiger partial charge is 0.269 e. The van der Waals surface area contributed by atoms with Crippen LogP contribution in [0.25, 0.3) is 15.9 Å². The summed E-state index contributed by atoms with van der Waals surface area (Å²) in [6.07, 6.45) is 4.94. The first-order chi connectivity index (χ1) is 14.1. The zero-order chi connectivity index (χ0) is 19.7. The van der Waals surface area contributed by atoms with Gasteiger partial charge in [-0.1, -0.05) is 19.1 Å². The van der Waals surface area contributed by atoms with Gasteiger partial charge in [0.05, 0.1) is 23.1 Å². The van der Waals surface area contributed by atoms with E-state index in [1.54, 1.807) is 46.4 Å². The Bertz CT molecular complexity index is 1300. The minimum absolute atomic E-state index is 0.0544. The second-order valence-electron chi connectivity index (χ2n) is 7.81.